The fourth-order valence-electron chi connectivity index (χ4n) is 5.36. The highest BCUT2D eigenvalue weighted by atomic mass is 32.2. The smallest absolute Gasteiger partial charge is 0.387 e. The normalized spacial score (nSPS) is 15.3. The number of carbonyl (C=O) groups excluding carboxylic acids is 1. The van der Waals surface area contributed by atoms with Gasteiger partial charge in [-0.2, -0.15) is 17.6 Å². The maximum atomic E-state index is 12.5. The quantitative estimate of drug-likeness (QED) is 0.126. The van der Waals surface area contributed by atoms with Gasteiger partial charge in [0.1, 0.15) is 27.8 Å². The van der Waals surface area contributed by atoms with E-state index in [0.717, 1.165) is 34.6 Å². The number of ether oxygens (including phenoxy) is 2. The molecule has 48 heavy (non-hydrogen) atoms. The Morgan fingerprint density at radius 3 is 1.75 bits per heavy atom. The zero-order chi connectivity index (χ0) is 35.0. The van der Waals surface area contributed by atoms with E-state index in [1.165, 1.54) is 24.3 Å². The number of hydrogen-bond acceptors (Lipinski definition) is 7. The van der Waals surface area contributed by atoms with Crippen molar-refractivity contribution in [3.8, 4) is 11.5 Å². The molecule has 1 aliphatic heterocycles. The number of aliphatic hydroxyl groups excluding tert-OH is 2. The summed E-state index contributed by atoms with van der Waals surface area (Å²) >= 11 is 3.52. The minimum absolute atomic E-state index is 0.0222. The third-order valence-electron chi connectivity index (χ3n) is 7.71. The molecule has 4 aromatic carbocycles. The van der Waals surface area contributed by atoms with Gasteiger partial charge in [-0.3, -0.25) is 4.79 Å². The highest BCUT2D eigenvalue weighted by Crippen LogP contribution is 2.57. The van der Waals surface area contributed by atoms with Crippen molar-refractivity contribution in [3.05, 3.63) is 129 Å². The molecule has 0 amide bonds. The number of carbonyl (C=O) groups is 1. The molecule has 0 radical (unpaired) electrons. The lowest BCUT2D eigenvalue weighted by Gasteiger charge is -2.40. The van der Waals surface area contributed by atoms with Crippen molar-refractivity contribution >= 4 is 29.3 Å². The van der Waals surface area contributed by atoms with Crippen LogP contribution in [0, 0.1) is 27.7 Å². The fourth-order valence-corrected chi connectivity index (χ4v) is 8.74. The summed E-state index contributed by atoms with van der Waals surface area (Å²) in [6.07, 6.45) is -0.990. The summed E-state index contributed by atoms with van der Waals surface area (Å²) in [7, 11) is 0. The molecule has 1 aliphatic rings. The van der Waals surface area contributed by atoms with Gasteiger partial charge in [0.15, 0.2) is 5.78 Å². The molecule has 2 atom stereocenters. The van der Waals surface area contributed by atoms with Crippen LogP contribution in [-0.2, 0) is 4.08 Å². The van der Waals surface area contributed by atoms with Gasteiger partial charge in [0, 0.05) is 5.56 Å². The maximum absolute atomic E-state index is 12.5. The van der Waals surface area contributed by atoms with E-state index in [1.54, 1.807) is 67.7 Å². The Hall–Kier alpha value is -3.51. The summed E-state index contributed by atoms with van der Waals surface area (Å²) < 4.78 is 57.8. The Morgan fingerprint density at radius 1 is 0.708 bits per heavy atom. The number of rotatable bonds is 10. The molecule has 1 fully saturated rings. The monoisotopic (exact) mass is 702 g/mol. The van der Waals surface area contributed by atoms with Gasteiger partial charge >= 0.3 is 13.2 Å². The molecule has 1 heterocycles. The average molecular weight is 703 g/mol. The summed E-state index contributed by atoms with van der Waals surface area (Å²) in [6, 6.07) is 24.3. The van der Waals surface area contributed by atoms with Crippen molar-refractivity contribution in [2.45, 2.75) is 63.6 Å². The number of alkyl halides is 4. The Morgan fingerprint density at radius 2 is 1.23 bits per heavy atom. The topological polar surface area (TPSA) is 76.0 Å². The summed E-state index contributed by atoms with van der Waals surface area (Å²) in [5, 5.41) is 21.5. The van der Waals surface area contributed by atoms with Crippen LogP contribution in [-0.4, -0.2) is 40.7 Å². The number of hydrogen-bond donors (Lipinski definition) is 2. The highest BCUT2D eigenvalue weighted by molar-refractivity contribution is 8.18. The number of aliphatic hydroxyl groups is 2. The van der Waals surface area contributed by atoms with Gasteiger partial charge in [0.2, 0.25) is 0 Å². The van der Waals surface area contributed by atoms with E-state index in [4.69, 9.17) is 0 Å². The van der Waals surface area contributed by atoms with E-state index in [9.17, 15) is 32.6 Å². The van der Waals surface area contributed by atoms with Crippen LogP contribution in [0.15, 0.2) is 84.9 Å². The van der Waals surface area contributed by atoms with Gasteiger partial charge in [-0.25, -0.2) is 0 Å². The lowest BCUT2D eigenvalue weighted by molar-refractivity contribution is -0.0509. The van der Waals surface area contributed by atoms with Crippen molar-refractivity contribution in [1.82, 2.24) is 0 Å². The van der Waals surface area contributed by atoms with E-state index in [-0.39, 0.29) is 11.5 Å². The third kappa shape index (κ3) is 9.34. The molecule has 1 saturated heterocycles. The number of Topliss-reactive ketones (excluding diaryl/α,β-unsaturated/α-hetero) is 1. The summed E-state index contributed by atoms with van der Waals surface area (Å²) in [4.78, 5) is 12.3. The molecule has 0 spiro atoms. The Labute approximate surface area is 286 Å². The van der Waals surface area contributed by atoms with Crippen LogP contribution in [0.2, 0.25) is 0 Å². The molecule has 11 heteroatoms. The van der Waals surface area contributed by atoms with E-state index in [1.807, 2.05) is 32.0 Å². The molecule has 256 valence electrons. The molecule has 0 bridgehead atoms. The van der Waals surface area contributed by atoms with Crippen molar-refractivity contribution in [2.75, 3.05) is 11.5 Å². The standard InChI is InChI=1S/C20H22F2O2S2.C17H16F2O3/c1-13-5-3-6-16(11-13)20(25-9-4-10-26-20)18(23)15-7-8-17(14(2)12-15)24-19(21)22;1-10-4-3-5-12(8-10)15(20)16(21)13-6-7-14(11(2)9-13)22-17(18)19/h3,5-8,11-12,18-19,23H,4,9-10H2,1-2H3;3-9,16-17,21H,1-2H3. The lowest BCUT2D eigenvalue weighted by Crippen LogP contribution is -2.30. The summed E-state index contributed by atoms with van der Waals surface area (Å²) in [5.74, 6) is 1.68. The Balaban J connectivity index is 0.000000220. The summed E-state index contributed by atoms with van der Waals surface area (Å²) in [6.45, 7) is 1.42. The molecule has 0 aliphatic carbocycles. The van der Waals surface area contributed by atoms with Crippen LogP contribution in [0.5, 0.6) is 11.5 Å². The predicted molar refractivity (Wildman–Crippen MR) is 183 cm³/mol. The first-order chi connectivity index (χ1) is 22.8. The van der Waals surface area contributed by atoms with Crippen molar-refractivity contribution < 1.29 is 42.0 Å². The van der Waals surface area contributed by atoms with Crippen molar-refractivity contribution in [3.63, 3.8) is 0 Å². The van der Waals surface area contributed by atoms with Gasteiger partial charge in [-0.15, -0.1) is 23.5 Å². The second-order valence-electron chi connectivity index (χ2n) is 11.4. The molecule has 0 saturated carbocycles. The van der Waals surface area contributed by atoms with Crippen LogP contribution in [0.3, 0.4) is 0 Å². The highest BCUT2D eigenvalue weighted by Gasteiger charge is 2.43. The Bertz CT molecular complexity index is 1690. The largest absolute Gasteiger partial charge is 0.435 e. The van der Waals surface area contributed by atoms with Gasteiger partial charge in [0.25, 0.3) is 0 Å². The van der Waals surface area contributed by atoms with Crippen molar-refractivity contribution in [2.24, 2.45) is 0 Å². The minimum atomic E-state index is -2.91. The van der Waals surface area contributed by atoms with E-state index < -0.39 is 35.3 Å². The van der Waals surface area contributed by atoms with Crippen molar-refractivity contribution in [1.29, 1.82) is 0 Å². The molecule has 2 unspecified atom stereocenters. The number of thioether (sulfide) groups is 2. The van der Waals surface area contributed by atoms with E-state index in [2.05, 4.69) is 21.6 Å². The fraction of sp³-hybridized carbons (Fsp3) is 0.324. The molecule has 0 aromatic heterocycles. The molecular formula is C37H38F4O5S2. The molecular weight excluding hydrogens is 665 g/mol. The predicted octanol–water partition coefficient (Wildman–Crippen LogP) is 9.48. The second-order valence-corrected chi connectivity index (χ2v) is 14.4. The molecule has 4 aromatic rings. The number of halogens is 4. The van der Waals surface area contributed by atoms with Gasteiger partial charge < -0.3 is 19.7 Å². The van der Waals surface area contributed by atoms with E-state index >= 15 is 0 Å². The molecule has 2 N–H and O–H groups in total. The molecule has 5 rings (SSSR count). The number of ketones is 1. The van der Waals surface area contributed by atoms with Crippen LogP contribution >= 0.6 is 23.5 Å². The van der Waals surface area contributed by atoms with Crippen LogP contribution in [0.4, 0.5) is 17.6 Å². The lowest BCUT2D eigenvalue weighted by atomic mass is 9.97. The Kier molecular flexibility index (Phi) is 13.0. The first-order valence-corrected chi connectivity index (χ1v) is 17.2. The summed E-state index contributed by atoms with van der Waals surface area (Å²) in [5.41, 5.74) is 5.62. The van der Waals surface area contributed by atoms with Crippen LogP contribution in [0.25, 0.3) is 0 Å². The SMILES string of the molecule is Cc1cccc(C(=O)C(O)c2ccc(OC(F)F)c(C)c2)c1.Cc1cccc(C2(C(O)c3ccc(OC(F)F)c(C)c3)SCCCS2)c1. The number of benzene rings is 4. The van der Waals surface area contributed by atoms with Gasteiger partial charge in [0.05, 0.1) is 0 Å². The van der Waals surface area contributed by atoms with Crippen LogP contribution in [0.1, 0.15) is 67.9 Å². The van der Waals surface area contributed by atoms with Gasteiger partial charge in [-0.05, 0) is 104 Å². The zero-order valence-electron chi connectivity index (χ0n) is 27.0. The average Bonchev–Trinajstić information content (AvgIpc) is 3.06. The zero-order valence-corrected chi connectivity index (χ0v) is 28.6. The first-order valence-electron chi connectivity index (χ1n) is 15.2. The third-order valence-corrected chi connectivity index (χ3v) is 11.2. The first kappa shape index (κ1) is 37.3. The van der Waals surface area contributed by atoms with E-state index in [0.29, 0.717) is 27.8 Å². The second kappa shape index (κ2) is 16.7. The van der Waals surface area contributed by atoms with Crippen LogP contribution < -0.4 is 9.47 Å². The number of aryl methyl sites for hydroxylation is 4. The minimum Gasteiger partial charge on any atom is -0.435 e. The maximum Gasteiger partial charge on any atom is 0.387 e. The van der Waals surface area contributed by atoms with Gasteiger partial charge in [-0.1, -0.05) is 65.7 Å². The molecule has 5 nitrogen and oxygen atoms in total.